The van der Waals surface area contributed by atoms with Gasteiger partial charge < -0.3 is 9.75 Å². The highest BCUT2D eigenvalue weighted by Crippen LogP contribution is 2.24. The van der Waals surface area contributed by atoms with Crippen LogP contribution >= 0.6 is 0 Å². The summed E-state index contributed by atoms with van der Waals surface area (Å²) in [7, 11) is 0. The van der Waals surface area contributed by atoms with E-state index in [0.29, 0.717) is 6.61 Å². The summed E-state index contributed by atoms with van der Waals surface area (Å²) in [6.45, 7) is 8.64. The Morgan fingerprint density at radius 3 is 2.27 bits per heavy atom. The van der Waals surface area contributed by atoms with Gasteiger partial charge in [0, 0.05) is 19.6 Å². The number of ether oxygens (including phenoxy) is 1. The first-order valence-electron chi connectivity index (χ1n) is 10.0. The van der Waals surface area contributed by atoms with Gasteiger partial charge in [-0.15, -0.1) is 0 Å². The Bertz CT molecular complexity index is 633. The summed E-state index contributed by atoms with van der Waals surface area (Å²) in [6.07, 6.45) is 5.18. The highest BCUT2D eigenvalue weighted by Gasteiger charge is 2.19. The summed E-state index contributed by atoms with van der Waals surface area (Å²) in [5, 5.41) is 5.02. The smallest absolute Gasteiger partial charge is 0.119 e. The number of rotatable bonds is 8. The van der Waals surface area contributed by atoms with E-state index >= 15 is 0 Å². The summed E-state index contributed by atoms with van der Waals surface area (Å²) in [5.41, 5.74) is 2.48. The zero-order valence-corrected chi connectivity index (χ0v) is 16.2. The lowest BCUT2D eigenvalue weighted by atomic mass is 10.1. The third-order valence-electron chi connectivity index (χ3n) is 4.98. The number of nitrogens with zero attached hydrogens (tertiary/aromatic N) is 2. The van der Waals surface area contributed by atoms with Crippen LogP contribution in [0.4, 0.5) is 5.69 Å². The van der Waals surface area contributed by atoms with Gasteiger partial charge in [-0.25, -0.2) is 5.01 Å². The zero-order valence-electron chi connectivity index (χ0n) is 16.2. The fourth-order valence-corrected chi connectivity index (χ4v) is 3.39. The molecule has 3 rings (SSSR count). The number of piperidine rings is 1. The number of benzene rings is 2. The van der Waals surface area contributed by atoms with Gasteiger partial charge in [0.1, 0.15) is 12.4 Å². The maximum absolute atomic E-state index is 5.94. The average molecular weight is 353 g/mol. The van der Waals surface area contributed by atoms with Crippen molar-refractivity contribution >= 4 is 5.69 Å². The molecule has 0 aromatic heterocycles. The molecule has 3 heteroatoms. The van der Waals surface area contributed by atoms with Gasteiger partial charge in [0.2, 0.25) is 0 Å². The molecule has 0 atom stereocenters. The molecule has 140 valence electrons. The van der Waals surface area contributed by atoms with Crippen LogP contribution in [-0.2, 0) is 6.61 Å². The number of hydrogen-bond acceptors (Lipinski definition) is 3. The first-order valence-corrected chi connectivity index (χ1v) is 10.0. The van der Waals surface area contributed by atoms with Crippen LogP contribution in [0.25, 0.3) is 0 Å². The zero-order chi connectivity index (χ0) is 18.2. The molecule has 3 nitrogen and oxygen atoms in total. The van der Waals surface area contributed by atoms with Crippen LogP contribution in [0.2, 0.25) is 0 Å². The van der Waals surface area contributed by atoms with Gasteiger partial charge in [-0.3, -0.25) is 0 Å². The SMILES string of the molecule is CC(C)CCN(c1ccc(OCc2ccccc2)cc1)N1CCCCC1. The summed E-state index contributed by atoms with van der Waals surface area (Å²) < 4.78 is 5.94. The summed E-state index contributed by atoms with van der Waals surface area (Å²) in [4.78, 5) is 0. The topological polar surface area (TPSA) is 15.7 Å². The third-order valence-corrected chi connectivity index (χ3v) is 4.98. The third kappa shape index (κ3) is 5.50. The standard InChI is InChI=1S/C23H32N2O/c1-20(2)15-18-25(24-16-7-4-8-17-24)22-11-13-23(14-12-22)26-19-21-9-5-3-6-10-21/h3,5-6,9-14,20H,4,7-8,15-19H2,1-2H3. The van der Waals surface area contributed by atoms with Crippen LogP contribution in [0.5, 0.6) is 5.75 Å². The minimum Gasteiger partial charge on any atom is -0.489 e. The van der Waals surface area contributed by atoms with Crippen LogP contribution in [0, 0.1) is 5.92 Å². The molecule has 0 amide bonds. The lowest BCUT2D eigenvalue weighted by Gasteiger charge is -2.39. The van der Waals surface area contributed by atoms with Crippen molar-refractivity contribution in [1.29, 1.82) is 0 Å². The summed E-state index contributed by atoms with van der Waals surface area (Å²) in [6, 6.07) is 18.9. The fraction of sp³-hybridized carbons (Fsp3) is 0.478. The Labute approximate surface area is 158 Å². The second-order valence-electron chi connectivity index (χ2n) is 7.59. The van der Waals surface area contributed by atoms with Crippen molar-refractivity contribution in [2.24, 2.45) is 5.92 Å². The highest BCUT2D eigenvalue weighted by atomic mass is 16.5. The van der Waals surface area contributed by atoms with Gasteiger partial charge in [-0.1, -0.05) is 50.6 Å². The molecule has 0 radical (unpaired) electrons. The molecule has 2 aromatic carbocycles. The molecule has 0 unspecified atom stereocenters. The quantitative estimate of drug-likeness (QED) is 0.622. The van der Waals surface area contributed by atoms with E-state index in [2.05, 4.69) is 60.3 Å². The van der Waals surface area contributed by atoms with Gasteiger partial charge in [0.25, 0.3) is 0 Å². The second-order valence-corrected chi connectivity index (χ2v) is 7.59. The molecular formula is C23H32N2O. The molecular weight excluding hydrogens is 320 g/mol. The molecule has 1 fully saturated rings. The molecule has 1 saturated heterocycles. The molecule has 0 aliphatic carbocycles. The van der Waals surface area contributed by atoms with Gasteiger partial charge >= 0.3 is 0 Å². The summed E-state index contributed by atoms with van der Waals surface area (Å²) in [5.74, 6) is 1.65. The van der Waals surface area contributed by atoms with Crippen molar-refractivity contribution in [1.82, 2.24) is 5.01 Å². The molecule has 0 saturated carbocycles. The van der Waals surface area contributed by atoms with Crippen molar-refractivity contribution in [2.45, 2.75) is 46.1 Å². The molecule has 0 bridgehead atoms. The van der Waals surface area contributed by atoms with E-state index < -0.39 is 0 Å². The predicted molar refractivity (Wildman–Crippen MR) is 109 cm³/mol. The Balaban J connectivity index is 1.64. The molecule has 0 spiro atoms. The van der Waals surface area contributed by atoms with Crippen LogP contribution in [0.3, 0.4) is 0 Å². The van der Waals surface area contributed by atoms with Crippen molar-refractivity contribution in [3.8, 4) is 5.75 Å². The van der Waals surface area contributed by atoms with Gasteiger partial charge in [0.05, 0.1) is 5.69 Å². The minimum absolute atomic E-state index is 0.614. The van der Waals surface area contributed by atoms with Crippen LogP contribution in [-0.4, -0.2) is 24.6 Å². The highest BCUT2D eigenvalue weighted by molar-refractivity contribution is 5.48. The van der Waals surface area contributed by atoms with Gasteiger partial charge in [-0.2, -0.15) is 0 Å². The molecule has 1 aliphatic rings. The van der Waals surface area contributed by atoms with Crippen LogP contribution in [0.15, 0.2) is 54.6 Å². The monoisotopic (exact) mass is 352 g/mol. The normalized spacial score (nSPS) is 15.2. The second kappa shape index (κ2) is 9.63. The Hall–Kier alpha value is -2.00. The van der Waals surface area contributed by atoms with E-state index in [9.17, 15) is 0 Å². The molecule has 0 N–H and O–H groups in total. The Kier molecular flexibility index (Phi) is 6.96. The van der Waals surface area contributed by atoms with E-state index in [1.807, 2.05) is 18.2 Å². The van der Waals surface area contributed by atoms with Crippen molar-refractivity contribution < 1.29 is 4.74 Å². The molecule has 26 heavy (non-hydrogen) atoms. The lowest BCUT2D eigenvalue weighted by molar-refractivity contribution is 0.204. The Morgan fingerprint density at radius 2 is 1.62 bits per heavy atom. The largest absolute Gasteiger partial charge is 0.489 e. The van der Waals surface area contributed by atoms with E-state index in [-0.39, 0.29) is 0 Å². The van der Waals surface area contributed by atoms with Gasteiger partial charge in [0.15, 0.2) is 0 Å². The van der Waals surface area contributed by atoms with E-state index in [0.717, 1.165) is 18.2 Å². The fourth-order valence-electron chi connectivity index (χ4n) is 3.39. The maximum atomic E-state index is 5.94. The van der Waals surface area contributed by atoms with E-state index in [1.165, 1.54) is 50.0 Å². The van der Waals surface area contributed by atoms with Crippen molar-refractivity contribution in [2.75, 3.05) is 24.6 Å². The van der Waals surface area contributed by atoms with Crippen molar-refractivity contribution in [3.05, 3.63) is 60.2 Å². The lowest BCUT2D eigenvalue weighted by Crippen LogP contribution is -2.46. The average Bonchev–Trinajstić information content (AvgIpc) is 2.69. The first kappa shape index (κ1) is 18.8. The molecule has 1 heterocycles. The van der Waals surface area contributed by atoms with Crippen LogP contribution < -0.4 is 9.75 Å². The number of anilines is 1. The molecule has 1 aliphatic heterocycles. The minimum atomic E-state index is 0.614. The Morgan fingerprint density at radius 1 is 0.923 bits per heavy atom. The van der Waals surface area contributed by atoms with E-state index in [4.69, 9.17) is 4.74 Å². The first-order chi connectivity index (χ1) is 12.7. The summed E-state index contributed by atoms with van der Waals surface area (Å²) >= 11 is 0. The van der Waals surface area contributed by atoms with E-state index in [1.54, 1.807) is 0 Å². The van der Waals surface area contributed by atoms with Crippen molar-refractivity contribution in [3.63, 3.8) is 0 Å². The van der Waals surface area contributed by atoms with Crippen LogP contribution in [0.1, 0.15) is 45.1 Å². The molecule has 2 aromatic rings. The maximum Gasteiger partial charge on any atom is 0.119 e. The number of hydrogen-bond donors (Lipinski definition) is 0. The predicted octanol–water partition coefficient (Wildman–Crippen LogP) is 5.52. The van der Waals surface area contributed by atoms with Gasteiger partial charge in [-0.05, 0) is 55.0 Å². The number of hydrazine groups is 1.